The summed E-state index contributed by atoms with van der Waals surface area (Å²) in [6.45, 7) is 10.0. The van der Waals surface area contributed by atoms with Crippen LogP contribution in [-0.2, 0) is 0 Å². The third kappa shape index (κ3) is 3.46. The van der Waals surface area contributed by atoms with Gasteiger partial charge >= 0.3 is 0 Å². The van der Waals surface area contributed by atoms with Gasteiger partial charge in [0.05, 0.1) is 0 Å². The van der Waals surface area contributed by atoms with Gasteiger partial charge in [-0.3, -0.25) is 0 Å². The molecule has 0 atom stereocenters. The highest BCUT2D eigenvalue weighted by Crippen LogP contribution is 2.17. The summed E-state index contributed by atoms with van der Waals surface area (Å²) in [4.78, 5) is 5.49. The van der Waals surface area contributed by atoms with Crippen LogP contribution in [0.15, 0.2) is 23.6 Å². The molecular formula is C12H19NS. The molecule has 0 aliphatic rings. The van der Waals surface area contributed by atoms with E-state index in [0.717, 1.165) is 10.5 Å². The van der Waals surface area contributed by atoms with Crippen LogP contribution in [0, 0.1) is 6.92 Å². The van der Waals surface area contributed by atoms with Gasteiger partial charge in [0.1, 0.15) is 4.83 Å². The van der Waals surface area contributed by atoms with Crippen molar-refractivity contribution in [2.24, 2.45) is 0 Å². The maximum absolute atomic E-state index is 4.35. The molecule has 0 saturated carbocycles. The van der Waals surface area contributed by atoms with Crippen molar-refractivity contribution >= 4 is 21.6 Å². The van der Waals surface area contributed by atoms with Gasteiger partial charge in [-0.05, 0) is 24.4 Å². The molecule has 0 amide bonds. The molecule has 0 unspecified atom stereocenters. The third-order valence-corrected chi connectivity index (χ3v) is 2.28. The fraction of sp³-hybridized carbons (Fsp3) is 0.417. The zero-order chi connectivity index (χ0) is 11.0. The number of aryl methyl sites for hydroxylation is 1. The van der Waals surface area contributed by atoms with Gasteiger partial charge in [0.15, 0.2) is 0 Å². The summed E-state index contributed by atoms with van der Waals surface area (Å²) in [6.07, 6.45) is 0. The maximum atomic E-state index is 4.35. The van der Waals surface area contributed by atoms with Gasteiger partial charge in [-0.15, -0.1) is 11.3 Å². The number of rotatable bonds is 0. The monoisotopic (exact) mass is 209 g/mol. The molecule has 2 rings (SSSR count). The zero-order valence-electron chi connectivity index (χ0n) is 9.66. The minimum absolute atomic E-state index is 1.09. The van der Waals surface area contributed by atoms with Crippen LogP contribution in [0.4, 0.5) is 0 Å². The highest BCUT2D eigenvalue weighted by atomic mass is 32.1. The molecule has 0 saturated heterocycles. The predicted molar refractivity (Wildman–Crippen MR) is 67.1 cm³/mol. The first-order valence-corrected chi connectivity index (χ1v) is 6.05. The Bertz CT molecular complexity index is 352. The van der Waals surface area contributed by atoms with E-state index in [2.05, 4.69) is 22.5 Å². The molecule has 2 aromatic heterocycles. The molecule has 0 radical (unpaired) electrons. The second kappa shape index (κ2) is 7.51. The first kappa shape index (κ1) is 13.1. The second-order valence-corrected chi connectivity index (χ2v) is 3.16. The molecule has 2 heteroatoms. The Morgan fingerprint density at radius 3 is 2.29 bits per heavy atom. The lowest BCUT2D eigenvalue weighted by molar-refractivity contribution is 1.27. The minimum atomic E-state index is 1.09. The Morgan fingerprint density at radius 2 is 1.64 bits per heavy atom. The summed E-state index contributed by atoms with van der Waals surface area (Å²) in [7, 11) is 0. The fourth-order valence-corrected chi connectivity index (χ4v) is 1.75. The maximum Gasteiger partial charge on any atom is 0.123 e. The Balaban J connectivity index is 0.000000379. The SMILES string of the molecule is CC.CC.Cc1ccc2ccsc2n1. The van der Waals surface area contributed by atoms with Crippen molar-refractivity contribution in [2.45, 2.75) is 34.6 Å². The van der Waals surface area contributed by atoms with Gasteiger partial charge in [0.2, 0.25) is 0 Å². The number of aromatic nitrogens is 1. The average Bonchev–Trinajstić information content (AvgIpc) is 2.71. The Morgan fingerprint density at radius 1 is 1.00 bits per heavy atom. The molecule has 0 spiro atoms. The molecule has 14 heavy (non-hydrogen) atoms. The van der Waals surface area contributed by atoms with Crippen molar-refractivity contribution in [3.8, 4) is 0 Å². The van der Waals surface area contributed by atoms with E-state index < -0.39 is 0 Å². The molecule has 0 bridgehead atoms. The first-order valence-electron chi connectivity index (χ1n) is 5.17. The molecular weight excluding hydrogens is 190 g/mol. The van der Waals surface area contributed by atoms with Crippen molar-refractivity contribution in [3.05, 3.63) is 29.3 Å². The van der Waals surface area contributed by atoms with Gasteiger partial charge in [-0.25, -0.2) is 4.98 Å². The lowest BCUT2D eigenvalue weighted by Gasteiger charge is -1.89. The summed E-state index contributed by atoms with van der Waals surface area (Å²) in [5.41, 5.74) is 1.09. The van der Waals surface area contributed by atoms with Gasteiger partial charge in [-0.2, -0.15) is 0 Å². The highest BCUT2D eigenvalue weighted by Gasteiger charge is 1.93. The van der Waals surface area contributed by atoms with E-state index in [9.17, 15) is 0 Å². The second-order valence-electron chi connectivity index (χ2n) is 2.27. The van der Waals surface area contributed by atoms with E-state index in [1.165, 1.54) is 5.39 Å². The predicted octanol–water partition coefficient (Wildman–Crippen LogP) is 4.66. The highest BCUT2D eigenvalue weighted by molar-refractivity contribution is 7.16. The first-order chi connectivity index (χ1) is 6.86. The van der Waals surface area contributed by atoms with Crippen LogP contribution in [0.5, 0.6) is 0 Å². The fourth-order valence-electron chi connectivity index (χ4n) is 0.937. The Labute approximate surface area is 90.8 Å². The number of hydrogen-bond donors (Lipinski definition) is 0. The average molecular weight is 209 g/mol. The topological polar surface area (TPSA) is 12.9 Å². The van der Waals surface area contributed by atoms with E-state index in [1.807, 2.05) is 40.7 Å². The summed E-state index contributed by atoms with van der Waals surface area (Å²) in [5.74, 6) is 0. The van der Waals surface area contributed by atoms with Crippen LogP contribution in [-0.4, -0.2) is 4.98 Å². The van der Waals surface area contributed by atoms with Crippen molar-refractivity contribution < 1.29 is 0 Å². The van der Waals surface area contributed by atoms with Gasteiger partial charge in [-0.1, -0.05) is 33.8 Å². The number of nitrogens with zero attached hydrogens (tertiary/aromatic N) is 1. The lowest BCUT2D eigenvalue weighted by atomic mass is 10.3. The summed E-state index contributed by atoms with van der Waals surface area (Å²) in [6, 6.07) is 6.23. The number of thiophene rings is 1. The minimum Gasteiger partial charge on any atom is -0.242 e. The molecule has 78 valence electrons. The Hall–Kier alpha value is -0.890. The molecule has 0 aliphatic carbocycles. The molecule has 0 N–H and O–H groups in total. The normalized spacial score (nSPS) is 8.36. The molecule has 2 heterocycles. The van der Waals surface area contributed by atoms with Gasteiger partial charge < -0.3 is 0 Å². The molecule has 0 aromatic carbocycles. The Kier molecular flexibility index (Phi) is 7.03. The van der Waals surface area contributed by atoms with Crippen molar-refractivity contribution in [1.82, 2.24) is 4.98 Å². The van der Waals surface area contributed by atoms with Crippen LogP contribution in [0.3, 0.4) is 0 Å². The van der Waals surface area contributed by atoms with Gasteiger partial charge in [0.25, 0.3) is 0 Å². The van der Waals surface area contributed by atoms with Crippen LogP contribution in [0.2, 0.25) is 0 Å². The zero-order valence-corrected chi connectivity index (χ0v) is 10.5. The summed E-state index contributed by atoms with van der Waals surface area (Å²) in [5, 5.41) is 3.31. The lowest BCUT2D eigenvalue weighted by Crippen LogP contribution is -1.75. The number of pyridine rings is 1. The largest absolute Gasteiger partial charge is 0.242 e. The smallest absolute Gasteiger partial charge is 0.123 e. The van der Waals surface area contributed by atoms with Crippen molar-refractivity contribution in [3.63, 3.8) is 0 Å². The summed E-state index contributed by atoms with van der Waals surface area (Å²) >= 11 is 1.69. The van der Waals surface area contributed by atoms with Crippen LogP contribution >= 0.6 is 11.3 Å². The van der Waals surface area contributed by atoms with E-state index in [0.29, 0.717) is 0 Å². The molecule has 2 aromatic rings. The van der Waals surface area contributed by atoms with Crippen LogP contribution in [0.25, 0.3) is 10.2 Å². The van der Waals surface area contributed by atoms with Gasteiger partial charge in [0, 0.05) is 11.1 Å². The standard InChI is InChI=1S/C8H7NS.2C2H6/c1-6-2-3-7-4-5-10-8(7)9-6;2*1-2/h2-5H,1H3;2*1-2H3. The van der Waals surface area contributed by atoms with E-state index in [-0.39, 0.29) is 0 Å². The van der Waals surface area contributed by atoms with E-state index >= 15 is 0 Å². The molecule has 1 nitrogen and oxygen atoms in total. The van der Waals surface area contributed by atoms with E-state index in [4.69, 9.17) is 0 Å². The summed E-state index contributed by atoms with van der Waals surface area (Å²) < 4.78 is 0. The van der Waals surface area contributed by atoms with E-state index in [1.54, 1.807) is 11.3 Å². The van der Waals surface area contributed by atoms with Crippen molar-refractivity contribution in [1.29, 1.82) is 0 Å². The molecule has 0 fully saturated rings. The number of hydrogen-bond acceptors (Lipinski definition) is 2. The van der Waals surface area contributed by atoms with Crippen molar-refractivity contribution in [2.75, 3.05) is 0 Å². The quantitative estimate of drug-likeness (QED) is 0.615. The third-order valence-electron chi connectivity index (χ3n) is 1.46. The van der Waals surface area contributed by atoms with Crippen LogP contribution in [0.1, 0.15) is 33.4 Å². The van der Waals surface area contributed by atoms with Crippen LogP contribution < -0.4 is 0 Å². The molecule has 0 aliphatic heterocycles. The number of fused-ring (bicyclic) bond motifs is 1.